The third-order valence-corrected chi connectivity index (χ3v) is 4.07. The number of rotatable bonds is 5. The predicted molar refractivity (Wildman–Crippen MR) is 76.9 cm³/mol. The Morgan fingerprint density at radius 2 is 2.10 bits per heavy atom. The molecule has 1 N–H and O–H groups in total. The van der Waals surface area contributed by atoms with Crippen LogP contribution in [-0.2, 0) is 10.5 Å². The molecule has 0 aliphatic carbocycles. The molecule has 1 aromatic rings. The fourth-order valence-electron chi connectivity index (χ4n) is 1.99. The topological polar surface area (TPSA) is 49.4 Å². The highest BCUT2D eigenvalue weighted by atomic mass is 32.2. The molecule has 1 saturated heterocycles. The number of hydrogen-bond donors (Lipinski definition) is 1. The van der Waals surface area contributed by atoms with Gasteiger partial charge in [-0.15, -0.1) is 0 Å². The van der Waals surface area contributed by atoms with Crippen LogP contribution < -0.4 is 5.32 Å². The van der Waals surface area contributed by atoms with Crippen LogP contribution in [0.3, 0.4) is 0 Å². The van der Waals surface area contributed by atoms with E-state index in [9.17, 15) is 14.0 Å². The number of thioether (sulfide) groups is 1. The molecule has 0 aromatic heterocycles. The molecule has 1 aliphatic heterocycles. The van der Waals surface area contributed by atoms with Crippen LogP contribution in [0.5, 0.6) is 0 Å². The van der Waals surface area contributed by atoms with Crippen LogP contribution >= 0.6 is 11.8 Å². The standard InChI is InChI=1S/C14H17FN2O2S/c1-14(2)12(18)17(13(19)16-14)6-7-20-9-10-4-3-5-11(15)8-10/h3-5,8H,6-7,9H2,1-2H3,(H,16,19). The maximum atomic E-state index is 13.0. The minimum Gasteiger partial charge on any atom is -0.324 e. The molecule has 1 aromatic carbocycles. The average Bonchev–Trinajstić information content (AvgIpc) is 2.56. The summed E-state index contributed by atoms with van der Waals surface area (Å²) >= 11 is 1.57. The first-order chi connectivity index (χ1) is 9.40. The van der Waals surface area contributed by atoms with E-state index in [1.165, 1.54) is 17.0 Å². The van der Waals surface area contributed by atoms with E-state index in [0.717, 1.165) is 5.56 Å². The summed E-state index contributed by atoms with van der Waals surface area (Å²) in [6.45, 7) is 3.74. The number of hydrogen-bond acceptors (Lipinski definition) is 3. The van der Waals surface area contributed by atoms with E-state index in [1.807, 2.05) is 6.07 Å². The largest absolute Gasteiger partial charge is 0.325 e. The van der Waals surface area contributed by atoms with Crippen LogP contribution in [-0.4, -0.2) is 34.7 Å². The summed E-state index contributed by atoms with van der Waals surface area (Å²) in [7, 11) is 0. The van der Waals surface area contributed by atoms with E-state index in [2.05, 4.69) is 5.32 Å². The van der Waals surface area contributed by atoms with Crippen LogP contribution in [0.1, 0.15) is 19.4 Å². The quantitative estimate of drug-likeness (QED) is 0.670. The first kappa shape index (κ1) is 14.8. The molecule has 0 radical (unpaired) electrons. The van der Waals surface area contributed by atoms with Gasteiger partial charge in [0.25, 0.3) is 5.91 Å². The van der Waals surface area contributed by atoms with Crippen LogP contribution in [0.15, 0.2) is 24.3 Å². The fourth-order valence-corrected chi connectivity index (χ4v) is 2.86. The van der Waals surface area contributed by atoms with Crippen molar-refractivity contribution in [1.29, 1.82) is 0 Å². The Labute approximate surface area is 121 Å². The van der Waals surface area contributed by atoms with Crippen molar-refractivity contribution in [3.8, 4) is 0 Å². The highest BCUT2D eigenvalue weighted by Gasteiger charge is 2.43. The van der Waals surface area contributed by atoms with E-state index in [0.29, 0.717) is 18.1 Å². The number of benzene rings is 1. The van der Waals surface area contributed by atoms with Gasteiger partial charge in [0.2, 0.25) is 0 Å². The summed E-state index contributed by atoms with van der Waals surface area (Å²) in [6.07, 6.45) is 0. The monoisotopic (exact) mass is 296 g/mol. The van der Waals surface area contributed by atoms with Gasteiger partial charge >= 0.3 is 6.03 Å². The summed E-state index contributed by atoms with van der Waals surface area (Å²) in [5.74, 6) is 0.837. The number of carbonyl (C=O) groups is 2. The molecule has 2 rings (SSSR count). The van der Waals surface area contributed by atoms with Crippen molar-refractivity contribution in [3.05, 3.63) is 35.6 Å². The Kier molecular flexibility index (Phi) is 4.32. The van der Waals surface area contributed by atoms with Crippen LogP contribution in [0.25, 0.3) is 0 Å². The van der Waals surface area contributed by atoms with E-state index < -0.39 is 5.54 Å². The van der Waals surface area contributed by atoms with Crippen molar-refractivity contribution in [2.24, 2.45) is 0 Å². The molecule has 1 aliphatic rings. The van der Waals surface area contributed by atoms with Crippen molar-refractivity contribution in [2.45, 2.75) is 25.1 Å². The smallest absolute Gasteiger partial charge is 0.324 e. The minimum absolute atomic E-state index is 0.200. The molecular weight excluding hydrogens is 279 g/mol. The molecule has 108 valence electrons. The molecule has 0 bridgehead atoms. The molecule has 1 heterocycles. The molecule has 20 heavy (non-hydrogen) atoms. The zero-order chi connectivity index (χ0) is 14.8. The van der Waals surface area contributed by atoms with E-state index in [4.69, 9.17) is 0 Å². The van der Waals surface area contributed by atoms with Crippen molar-refractivity contribution in [2.75, 3.05) is 12.3 Å². The highest BCUT2D eigenvalue weighted by Crippen LogP contribution is 2.18. The second-order valence-electron chi connectivity index (χ2n) is 5.19. The lowest BCUT2D eigenvalue weighted by atomic mass is 10.1. The van der Waals surface area contributed by atoms with Crippen molar-refractivity contribution in [1.82, 2.24) is 10.2 Å². The van der Waals surface area contributed by atoms with Gasteiger partial charge in [0.05, 0.1) is 0 Å². The second kappa shape index (κ2) is 5.83. The van der Waals surface area contributed by atoms with E-state index >= 15 is 0 Å². The van der Waals surface area contributed by atoms with Gasteiger partial charge in [0, 0.05) is 18.1 Å². The van der Waals surface area contributed by atoms with Gasteiger partial charge in [-0.3, -0.25) is 9.69 Å². The molecule has 0 spiro atoms. The first-order valence-corrected chi connectivity index (χ1v) is 7.52. The lowest BCUT2D eigenvalue weighted by Gasteiger charge is -2.15. The normalized spacial score (nSPS) is 17.4. The van der Waals surface area contributed by atoms with Crippen molar-refractivity contribution < 1.29 is 14.0 Å². The molecule has 0 unspecified atom stereocenters. The van der Waals surface area contributed by atoms with Gasteiger partial charge in [0.1, 0.15) is 11.4 Å². The van der Waals surface area contributed by atoms with Crippen molar-refractivity contribution >= 4 is 23.7 Å². The van der Waals surface area contributed by atoms with Crippen molar-refractivity contribution in [3.63, 3.8) is 0 Å². The zero-order valence-corrected chi connectivity index (χ0v) is 12.3. The number of nitrogens with one attached hydrogen (secondary N) is 1. The number of carbonyl (C=O) groups excluding carboxylic acids is 2. The second-order valence-corrected chi connectivity index (χ2v) is 6.30. The number of amides is 3. The van der Waals surface area contributed by atoms with Gasteiger partial charge in [-0.25, -0.2) is 9.18 Å². The average molecular weight is 296 g/mol. The molecule has 6 heteroatoms. The Morgan fingerprint density at radius 3 is 2.70 bits per heavy atom. The summed E-state index contributed by atoms with van der Waals surface area (Å²) in [5.41, 5.74) is 0.0807. The maximum Gasteiger partial charge on any atom is 0.325 e. The number of nitrogens with zero attached hydrogens (tertiary/aromatic N) is 1. The Bertz CT molecular complexity index is 534. The molecule has 0 saturated carbocycles. The molecular formula is C14H17FN2O2S. The molecule has 4 nitrogen and oxygen atoms in total. The Balaban J connectivity index is 1.79. The summed E-state index contributed by atoms with van der Waals surface area (Å²) in [5, 5.41) is 2.64. The van der Waals surface area contributed by atoms with Gasteiger partial charge in [0.15, 0.2) is 0 Å². The lowest BCUT2D eigenvalue weighted by Crippen LogP contribution is -2.40. The van der Waals surface area contributed by atoms with Gasteiger partial charge in [-0.1, -0.05) is 12.1 Å². The minimum atomic E-state index is -0.815. The van der Waals surface area contributed by atoms with E-state index in [-0.39, 0.29) is 17.8 Å². The fraction of sp³-hybridized carbons (Fsp3) is 0.429. The van der Waals surface area contributed by atoms with Crippen LogP contribution in [0, 0.1) is 5.82 Å². The summed E-state index contributed by atoms with van der Waals surface area (Å²) < 4.78 is 13.0. The lowest BCUT2D eigenvalue weighted by molar-refractivity contribution is -0.130. The molecule has 0 atom stereocenters. The van der Waals surface area contributed by atoms with Gasteiger partial charge in [-0.05, 0) is 31.5 Å². The Morgan fingerprint density at radius 1 is 1.35 bits per heavy atom. The Hall–Kier alpha value is -1.56. The number of urea groups is 1. The van der Waals surface area contributed by atoms with E-state index in [1.54, 1.807) is 31.7 Å². The number of imide groups is 1. The van der Waals surface area contributed by atoms with Gasteiger partial charge < -0.3 is 5.32 Å². The zero-order valence-electron chi connectivity index (χ0n) is 11.5. The summed E-state index contributed by atoms with van der Waals surface area (Å²) in [4.78, 5) is 24.8. The van der Waals surface area contributed by atoms with Gasteiger partial charge in [-0.2, -0.15) is 11.8 Å². The van der Waals surface area contributed by atoms with Crippen LogP contribution in [0.4, 0.5) is 9.18 Å². The third-order valence-electron chi connectivity index (χ3n) is 3.06. The predicted octanol–water partition coefficient (Wildman–Crippen LogP) is 2.39. The van der Waals surface area contributed by atoms with Crippen LogP contribution in [0.2, 0.25) is 0 Å². The molecule has 1 fully saturated rings. The summed E-state index contributed by atoms with van der Waals surface area (Å²) in [6, 6.07) is 6.08. The highest BCUT2D eigenvalue weighted by molar-refractivity contribution is 7.98. The maximum absolute atomic E-state index is 13.0. The SMILES string of the molecule is CC1(C)NC(=O)N(CCSCc2cccc(F)c2)C1=O. The number of halogens is 1. The molecule has 3 amide bonds. The third kappa shape index (κ3) is 3.30. The first-order valence-electron chi connectivity index (χ1n) is 6.36.